The molecule has 1 unspecified atom stereocenters. The van der Waals surface area contributed by atoms with Crippen molar-refractivity contribution in [1.82, 2.24) is 5.32 Å². The van der Waals surface area contributed by atoms with Crippen molar-refractivity contribution in [1.29, 1.82) is 0 Å². The van der Waals surface area contributed by atoms with Crippen molar-refractivity contribution in [3.05, 3.63) is 33.9 Å². The van der Waals surface area contributed by atoms with E-state index in [0.717, 1.165) is 0 Å². The van der Waals surface area contributed by atoms with Crippen molar-refractivity contribution < 1.29 is 14.5 Å². The van der Waals surface area contributed by atoms with Gasteiger partial charge in [0.1, 0.15) is 11.7 Å². The van der Waals surface area contributed by atoms with Crippen LogP contribution in [0.5, 0.6) is 0 Å². The number of carbonyl (C=O) groups excluding carboxylic acids is 2. The summed E-state index contributed by atoms with van der Waals surface area (Å²) < 4.78 is 0. The molecular weight excluding hydrogens is 276 g/mol. The maximum absolute atomic E-state index is 11.6. The number of nitrogens with zero attached hydrogens (tertiary/aromatic N) is 1. The number of hydrogen-bond acceptors (Lipinski definition) is 5. The average molecular weight is 294 g/mol. The Balaban J connectivity index is 3.26. The van der Waals surface area contributed by atoms with Crippen LogP contribution in [0.2, 0.25) is 0 Å². The minimum atomic E-state index is -0.774. The highest BCUT2D eigenvalue weighted by molar-refractivity contribution is 5.96. The summed E-state index contributed by atoms with van der Waals surface area (Å²) in [5.41, 5.74) is 5.39. The molecule has 1 aromatic carbocycles. The topological polar surface area (TPSA) is 127 Å². The Morgan fingerprint density at radius 2 is 1.95 bits per heavy atom. The van der Waals surface area contributed by atoms with Gasteiger partial charge in [-0.15, -0.1) is 0 Å². The molecule has 0 heterocycles. The molecule has 0 spiro atoms. The molecule has 0 aliphatic rings. The van der Waals surface area contributed by atoms with E-state index in [1.807, 2.05) is 0 Å². The van der Waals surface area contributed by atoms with Crippen molar-refractivity contribution in [2.24, 2.45) is 11.7 Å². The predicted molar refractivity (Wildman–Crippen MR) is 77.9 cm³/mol. The minimum absolute atomic E-state index is 0.0820. The Bertz CT molecular complexity index is 571. The van der Waals surface area contributed by atoms with Gasteiger partial charge >= 0.3 is 0 Å². The summed E-state index contributed by atoms with van der Waals surface area (Å²) >= 11 is 0. The molecule has 1 atom stereocenters. The summed E-state index contributed by atoms with van der Waals surface area (Å²) in [4.78, 5) is 33.5. The van der Waals surface area contributed by atoms with E-state index in [9.17, 15) is 19.7 Å². The molecule has 1 aromatic rings. The molecule has 0 aromatic heterocycles. The van der Waals surface area contributed by atoms with E-state index < -0.39 is 16.9 Å². The number of benzene rings is 1. The first-order valence-electron chi connectivity index (χ1n) is 6.34. The molecule has 0 fully saturated rings. The first-order valence-corrected chi connectivity index (χ1v) is 6.34. The molecule has 4 N–H and O–H groups in total. The van der Waals surface area contributed by atoms with Gasteiger partial charge in [-0.05, 0) is 18.1 Å². The highest BCUT2D eigenvalue weighted by Gasteiger charge is 2.24. The molecule has 0 aliphatic heterocycles. The van der Waals surface area contributed by atoms with Crippen molar-refractivity contribution in [2.45, 2.75) is 19.9 Å². The molecule has 0 aliphatic carbocycles. The van der Waals surface area contributed by atoms with Crippen LogP contribution in [0.25, 0.3) is 0 Å². The normalized spacial score (nSPS) is 11.8. The van der Waals surface area contributed by atoms with Crippen LogP contribution in [-0.2, 0) is 4.79 Å². The Hall–Kier alpha value is -2.64. The third-order valence-electron chi connectivity index (χ3n) is 2.97. The SMILES string of the molecule is CNC(=O)c1ccc([N+](=O)[O-])c(NC(C(N)=O)C(C)C)c1. The number of amides is 2. The molecule has 8 nitrogen and oxygen atoms in total. The molecule has 21 heavy (non-hydrogen) atoms. The third-order valence-corrected chi connectivity index (χ3v) is 2.97. The zero-order valence-electron chi connectivity index (χ0n) is 12.0. The van der Waals surface area contributed by atoms with Gasteiger partial charge in [0.2, 0.25) is 5.91 Å². The van der Waals surface area contributed by atoms with Gasteiger partial charge in [0.25, 0.3) is 11.6 Å². The van der Waals surface area contributed by atoms with Crippen LogP contribution >= 0.6 is 0 Å². The van der Waals surface area contributed by atoms with Crippen molar-refractivity contribution in [3.8, 4) is 0 Å². The number of nitrogens with two attached hydrogens (primary N) is 1. The lowest BCUT2D eigenvalue weighted by atomic mass is 10.0. The summed E-state index contributed by atoms with van der Waals surface area (Å²) in [6.45, 7) is 3.52. The standard InChI is InChI=1S/C13H18N4O4/c1-7(2)11(12(14)18)16-9-6-8(13(19)15-3)4-5-10(9)17(20)21/h4-7,11,16H,1-3H3,(H2,14,18)(H,15,19). The van der Waals surface area contributed by atoms with Crippen LogP contribution in [-0.4, -0.2) is 29.8 Å². The van der Waals surface area contributed by atoms with Gasteiger partial charge in [0, 0.05) is 18.7 Å². The van der Waals surface area contributed by atoms with E-state index in [0.29, 0.717) is 0 Å². The maximum Gasteiger partial charge on any atom is 0.292 e. The highest BCUT2D eigenvalue weighted by atomic mass is 16.6. The first kappa shape index (κ1) is 16.4. The molecule has 2 amide bonds. The van der Waals surface area contributed by atoms with Crippen molar-refractivity contribution in [2.75, 3.05) is 12.4 Å². The first-order chi connectivity index (χ1) is 9.77. The Morgan fingerprint density at radius 1 is 1.33 bits per heavy atom. The van der Waals surface area contributed by atoms with Gasteiger partial charge in [-0.2, -0.15) is 0 Å². The minimum Gasteiger partial charge on any atom is -0.368 e. The quantitative estimate of drug-likeness (QED) is 0.530. The summed E-state index contributed by atoms with van der Waals surface area (Å²) in [5.74, 6) is -1.16. The average Bonchev–Trinajstić information content (AvgIpc) is 2.42. The number of nitrogens with one attached hydrogen (secondary N) is 2. The van der Waals surface area contributed by atoms with Gasteiger partial charge in [-0.1, -0.05) is 13.8 Å². The Kier molecular flexibility index (Phi) is 5.23. The van der Waals surface area contributed by atoms with Gasteiger partial charge in [-0.25, -0.2) is 0 Å². The lowest BCUT2D eigenvalue weighted by Gasteiger charge is -2.20. The van der Waals surface area contributed by atoms with Gasteiger partial charge in [0.15, 0.2) is 0 Å². The van der Waals surface area contributed by atoms with E-state index in [4.69, 9.17) is 5.73 Å². The van der Waals surface area contributed by atoms with E-state index in [1.54, 1.807) is 13.8 Å². The third kappa shape index (κ3) is 3.91. The summed E-state index contributed by atoms with van der Waals surface area (Å²) in [6, 6.07) is 3.11. The predicted octanol–water partition coefficient (Wildman–Crippen LogP) is 0.876. The van der Waals surface area contributed by atoms with Crippen LogP contribution in [0.3, 0.4) is 0 Å². The van der Waals surface area contributed by atoms with Crippen molar-refractivity contribution >= 4 is 23.2 Å². The monoisotopic (exact) mass is 294 g/mol. The molecule has 0 radical (unpaired) electrons. The molecule has 1 rings (SSSR count). The van der Waals surface area contributed by atoms with E-state index in [1.165, 1.54) is 25.2 Å². The molecular formula is C13H18N4O4. The Morgan fingerprint density at radius 3 is 2.38 bits per heavy atom. The Labute approximate surface area is 121 Å². The number of nitro groups is 1. The fraction of sp³-hybridized carbons (Fsp3) is 0.385. The van der Waals surface area contributed by atoms with E-state index >= 15 is 0 Å². The number of nitro benzene ring substituents is 1. The smallest absolute Gasteiger partial charge is 0.292 e. The molecule has 114 valence electrons. The molecule has 0 saturated carbocycles. The van der Waals surface area contributed by atoms with E-state index in [-0.39, 0.29) is 28.8 Å². The summed E-state index contributed by atoms with van der Waals surface area (Å²) in [5, 5.41) is 16.2. The number of carbonyl (C=O) groups is 2. The fourth-order valence-corrected chi connectivity index (χ4v) is 1.83. The zero-order chi connectivity index (χ0) is 16.2. The highest BCUT2D eigenvalue weighted by Crippen LogP contribution is 2.27. The molecule has 0 saturated heterocycles. The van der Waals surface area contributed by atoms with Crippen molar-refractivity contribution in [3.63, 3.8) is 0 Å². The van der Waals surface area contributed by atoms with Crippen LogP contribution in [0.15, 0.2) is 18.2 Å². The van der Waals surface area contributed by atoms with E-state index in [2.05, 4.69) is 10.6 Å². The molecule has 0 bridgehead atoms. The summed E-state index contributed by atoms with van der Waals surface area (Å²) in [6.07, 6.45) is 0. The maximum atomic E-state index is 11.6. The van der Waals surface area contributed by atoms with Crippen LogP contribution in [0.4, 0.5) is 11.4 Å². The number of anilines is 1. The van der Waals surface area contributed by atoms with Crippen LogP contribution < -0.4 is 16.4 Å². The number of primary amides is 1. The number of hydrogen-bond donors (Lipinski definition) is 3. The van der Waals surface area contributed by atoms with Crippen LogP contribution in [0, 0.1) is 16.0 Å². The fourth-order valence-electron chi connectivity index (χ4n) is 1.83. The lowest BCUT2D eigenvalue weighted by molar-refractivity contribution is -0.384. The zero-order valence-corrected chi connectivity index (χ0v) is 12.0. The largest absolute Gasteiger partial charge is 0.368 e. The lowest BCUT2D eigenvalue weighted by Crippen LogP contribution is -2.39. The second kappa shape index (κ2) is 6.69. The van der Waals surface area contributed by atoms with Gasteiger partial charge < -0.3 is 16.4 Å². The van der Waals surface area contributed by atoms with Gasteiger partial charge in [0.05, 0.1) is 4.92 Å². The second-order valence-electron chi connectivity index (χ2n) is 4.84. The van der Waals surface area contributed by atoms with Crippen LogP contribution in [0.1, 0.15) is 24.2 Å². The molecule has 8 heteroatoms. The number of rotatable bonds is 6. The van der Waals surface area contributed by atoms with Gasteiger partial charge in [-0.3, -0.25) is 19.7 Å². The second-order valence-corrected chi connectivity index (χ2v) is 4.84. The summed E-state index contributed by atoms with van der Waals surface area (Å²) in [7, 11) is 1.46.